The van der Waals surface area contributed by atoms with Gasteiger partial charge in [0.1, 0.15) is 13.2 Å². The molecule has 2 rings (SSSR count). The second-order valence-corrected chi connectivity index (χ2v) is 6.02. The average Bonchev–Trinajstić information content (AvgIpc) is 2.65. The van der Waals surface area contributed by atoms with Crippen LogP contribution in [-0.4, -0.2) is 55.9 Å². The molecule has 1 aromatic rings. The van der Waals surface area contributed by atoms with Crippen molar-refractivity contribution in [2.24, 2.45) is 0 Å². The number of benzene rings is 1. The average molecular weight is 363 g/mol. The molecule has 7 heteroatoms. The number of amides is 1. The minimum atomic E-state index is -0.903. The fraction of sp³-hybridized carbons (Fsp3) is 0.474. The van der Waals surface area contributed by atoms with Crippen LogP contribution in [0.15, 0.2) is 30.9 Å². The number of nitrogens with zero attached hydrogens (tertiary/aromatic N) is 1. The Morgan fingerprint density at radius 3 is 2.62 bits per heavy atom. The van der Waals surface area contributed by atoms with Gasteiger partial charge in [0, 0.05) is 13.6 Å². The molecule has 1 aliphatic heterocycles. The third-order valence-electron chi connectivity index (χ3n) is 3.84. The summed E-state index contributed by atoms with van der Waals surface area (Å²) < 4.78 is 21.4. The second kappa shape index (κ2) is 9.24. The Labute approximate surface area is 153 Å². The zero-order valence-electron chi connectivity index (χ0n) is 15.4. The largest absolute Gasteiger partial charge is 0.486 e. The van der Waals surface area contributed by atoms with E-state index in [2.05, 4.69) is 6.58 Å². The summed E-state index contributed by atoms with van der Waals surface area (Å²) in [7, 11) is 1.65. The Morgan fingerprint density at radius 1 is 1.23 bits per heavy atom. The van der Waals surface area contributed by atoms with E-state index in [0.717, 1.165) is 5.56 Å². The van der Waals surface area contributed by atoms with Gasteiger partial charge in [-0.3, -0.25) is 4.79 Å². The number of hydrogen-bond donors (Lipinski definition) is 0. The summed E-state index contributed by atoms with van der Waals surface area (Å²) in [5.74, 6) is 0.483. The van der Waals surface area contributed by atoms with E-state index in [1.165, 1.54) is 4.90 Å². The maximum Gasteiger partial charge on any atom is 0.335 e. The molecule has 0 bridgehead atoms. The van der Waals surface area contributed by atoms with Crippen LogP contribution >= 0.6 is 0 Å². The van der Waals surface area contributed by atoms with Crippen LogP contribution in [-0.2, 0) is 25.6 Å². The van der Waals surface area contributed by atoms with Crippen LogP contribution in [0.5, 0.6) is 11.5 Å². The van der Waals surface area contributed by atoms with Crippen LogP contribution in [0.25, 0.3) is 0 Å². The van der Waals surface area contributed by atoms with Crippen molar-refractivity contribution in [1.82, 2.24) is 4.90 Å². The van der Waals surface area contributed by atoms with Crippen molar-refractivity contribution < 1.29 is 28.5 Å². The predicted octanol–water partition coefficient (Wildman–Crippen LogP) is 1.94. The molecule has 1 heterocycles. The first-order valence-electron chi connectivity index (χ1n) is 8.49. The zero-order valence-corrected chi connectivity index (χ0v) is 15.4. The summed E-state index contributed by atoms with van der Waals surface area (Å²) in [6.07, 6.45) is -0.120. The molecule has 2 atom stereocenters. The van der Waals surface area contributed by atoms with Crippen LogP contribution < -0.4 is 9.47 Å². The summed E-state index contributed by atoms with van der Waals surface area (Å²) in [5, 5.41) is 0. The Hall–Kier alpha value is -2.54. The fourth-order valence-corrected chi connectivity index (χ4v) is 2.45. The molecule has 0 aromatic heterocycles. The van der Waals surface area contributed by atoms with E-state index < -0.39 is 18.2 Å². The number of likely N-dealkylation sites (N-methyl/N-ethyl adjacent to an activating group) is 1. The van der Waals surface area contributed by atoms with Crippen molar-refractivity contribution in [3.63, 3.8) is 0 Å². The van der Waals surface area contributed by atoms with Crippen molar-refractivity contribution >= 4 is 11.9 Å². The number of carbonyl (C=O) groups excluding carboxylic acids is 2. The lowest BCUT2D eigenvalue weighted by Gasteiger charge is -2.24. The monoisotopic (exact) mass is 363 g/mol. The lowest BCUT2D eigenvalue weighted by Crippen LogP contribution is -2.39. The molecule has 1 aliphatic rings. The van der Waals surface area contributed by atoms with Gasteiger partial charge < -0.3 is 23.8 Å². The first kappa shape index (κ1) is 19.8. The van der Waals surface area contributed by atoms with E-state index in [4.69, 9.17) is 18.9 Å². The van der Waals surface area contributed by atoms with E-state index in [9.17, 15) is 9.59 Å². The van der Waals surface area contributed by atoms with E-state index in [-0.39, 0.29) is 12.5 Å². The van der Waals surface area contributed by atoms with Gasteiger partial charge in [-0.05, 0) is 31.5 Å². The van der Waals surface area contributed by atoms with E-state index in [1.807, 2.05) is 18.2 Å². The van der Waals surface area contributed by atoms with E-state index >= 15 is 0 Å². The van der Waals surface area contributed by atoms with Crippen molar-refractivity contribution in [3.8, 4) is 11.5 Å². The van der Waals surface area contributed by atoms with Gasteiger partial charge in [0.25, 0.3) is 5.91 Å². The molecule has 0 N–H and O–H groups in total. The highest BCUT2D eigenvalue weighted by atomic mass is 16.6. The van der Waals surface area contributed by atoms with Crippen LogP contribution in [0.2, 0.25) is 0 Å². The minimum absolute atomic E-state index is 0.239. The maximum absolute atomic E-state index is 12.4. The van der Waals surface area contributed by atoms with Crippen LogP contribution in [0.1, 0.15) is 19.4 Å². The van der Waals surface area contributed by atoms with Gasteiger partial charge in [0.2, 0.25) is 0 Å². The molecule has 0 aliphatic carbocycles. The molecule has 26 heavy (non-hydrogen) atoms. The van der Waals surface area contributed by atoms with Crippen molar-refractivity contribution in [2.45, 2.75) is 32.6 Å². The summed E-state index contributed by atoms with van der Waals surface area (Å²) >= 11 is 0. The second-order valence-electron chi connectivity index (χ2n) is 6.02. The number of esters is 1. The van der Waals surface area contributed by atoms with Gasteiger partial charge in [0.05, 0.1) is 6.61 Å². The highest BCUT2D eigenvalue weighted by molar-refractivity contribution is 5.84. The summed E-state index contributed by atoms with van der Waals surface area (Å²) in [6.45, 7) is 8.26. The third-order valence-corrected chi connectivity index (χ3v) is 3.84. The quantitative estimate of drug-likeness (QED) is 0.519. The molecule has 2 unspecified atom stereocenters. The fourth-order valence-electron chi connectivity index (χ4n) is 2.45. The van der Waals surface area contributed by atoms with Crippen LogP contribution in [0, 0.1) is 0 Å². The van der Waals surface area contributed by atoms with Gasteiger partial charge in [-0.25, -0.2) is 4.79 Å². The molecule has 0 saturated carbocycles. The van der Waals surface area contributed by atoms with Crippen molar-refractivity contribution in [2.75, 3.05) is 26.9 Å². The minimum Gasteiger partial charge on any atom is -0.486 e. The molecule has 0 fully saturated rings. The van der Waals surface area contributed by atoms with E-state index in [0.29, 0.717) is 31.3 Å². The highest BCUT2D eigenvalue weighted by Crippen LogP contribution is 2.31. The van der Waals surface area contributed by atoms with Gasteiger partial charge in [-0.1, -0.05) is 12.1 Å². The summed E-state index contributed by atoms with van der Waals surface area (Å²) in [4.78, 5) is 25.9. The smallest absolute Gasteiger partial charge is 0.335 e. The molecule has 7 nitrogen and oxygen atoms in total. The van der Waals surface area contributed by atoms with Crippen LogP contribution in [0.4, 0.5) is 0 Å². The van der Waals surface area contributed by atoms with Gasteiger partial charge in [-0.2, -0.15) is 0 Å². The molecule has 0 spiro atoms. The molecule has 142 valence electrons. The molecular formula is C19H25NO6. The normalized spacial score (nSPS) is 14.9. The summed E-state index contributed by atoms with van der Waals surface area (Å²) in [5.41, 5.74) is 0.895. The number of rotatable bonds is 8. The zero-order chi connectivity index (χ0) is 19.1. The van der Waals surface area contributed by atoms with Gasteiger partial charge in [0.15, 0.2) is 23.7 Å². The number of hydrogen-bond acceptors (Lipinski definition) is 6. The van der Waals surface area contributed by atoms with Gasteiger partial charge >= 0.3 is 5.97 Å². The van der Waals surface area contributed by atoms with Gasteiger partial charge in [-0.15, -0.1) is 6.58 Å². The maximum atomic E-state index is 12.4. The molecule has 0 radical (unpaired) electrons. The van der Waals surface area contributed by atoms with Crippen molar-refractivity contribution in [3.05, 3.63) is 36.4 Å². The molecule has 1 amide bonds. The number of fused-ring (bicyclic) bond motifs is 1. The highest BCUT2D eigenvalue weighted by Gasteiger charge is 2.25. The molecular weight excluding hydrogens is 338 g/mol. The van der Waals surface area contributed by atoms with Crippen LogP contribution in [0.3, 0.4) is 0 Å². The van der Waals surface area contributed by atoms with E-state index in [1.54, 1.807) is 27.0 Å². The predicted molar refractivity (Wildman–Crippen MR) is 95.1 cm³/mol. The standard InChI is InChI=1S/C19H25NO6/c1-5-8-23-14(3)19(22)26-13(2)18(21)20(4)12-15-6-7-16-17(11-15)25-10-9-24-16/h5-7,11,13-14H,1,8-10,12H2,2-4H3. The Kier molecular flexibility index (Phi) is 7.03. The first-order chi connectivity index (χ1) is 12.4. The lowest BCUT2D eigenvalue weighted by atomic mass is 10.1. The Bertz CT molecular complexity index is 659. The molecule has 1 aromatic carbocycles. The Morgan fingerprint density at radius 2 is 1.92 bits per heavy atom. The first-order valence-corrected chi connectivity index (χ1v) is 8.49. The number of ether oxygens (including phenoxy) is 4. The SMILES string of the molecule is C=CCOC(C)C(=O)OC(C)C(=O)N(C)Cc1ccc2c(c1)OCCO2. The lowest BCUT2D eigenvalue weighted by molar-refractivity contribution is -0.167. The molecule has 0 saturated heterocycles. The Balaban J connectivity index is 1.90. The number of carbonyl (C=O) groups is 2. The van der Waals surface area contributed by atoms with Crippen molar-refractivity contribution in [1.29, 1.82) is 0 Å². The third kappa shape index (κ3) is 5.23. The topological polar surface area (TPSA) is 74.3 Å². The summed E-state index contributed by atoms with van der Waals surface area (Å²) in [6, 6.07) is 5.55.